The predicted octanol–water partition coefficient (Wildman–Crippen LogP) is 2.82. The number of carbonyl (C=O) groups excluding carboxylic acids is 2. The van der Waals surface area contributed by atoms with Crippen LogP contribution in [0.3, 0.4) is 0 Å². The van der Waals surface area contributed by atoms with Crippen molar-refractivity contribution < 1.29 is 14.0 Å². The van der Waals surface area contributed by atoms with Crippen LogP contribution in [0.5, 0.6) is 0 Å². The molecular formula is C20H25FN4O2. The number of carbonyl (C=O) groups is 2. The standard InChI is InChI=1S/C20H25FN4O2/c1-20(2,3)24-19(27)17-23-16(15-6-4-5-11-25(15)17)18(26)22-12-13-7-9-14(21)10-8-13/h7-10H,4-6,11-12H2,1-3H3,(H,22,26)(H,24,27). The van der Waals surface area contributed by atoms with Gasteiger partial charge >= 0.3 is 0 Å². The Balaban J connectivity index is 1.81. The zero-order chi connectivity index (χ0) is 19.6. The number of rotatable bonds is 4. The minimum atomic E-state index is -0.386. The van der Waals surface area contributed by atoms with Crippen molar-refractivity contribution in [1.29, 1.82) is 0 Å². The van der Waals surface area contributed by atoms with E-state index in [4.69, 9.17) is 0 Å². The highest BCUT2D eigenvalue weighted by Gasteiger charge is 2.28. The molecule has 1 aliphatic rings. The fraction of sp³-hybridized carbons (Fsp3) is 0.450. The Bertz CT molecular complexity index is 850. The number of benzene rings is 1. The van der Waals surface area contributed by atoms with Gasteiger partial charge in [-0.1, -0.05) is 12.1 Å². The van der Waals surface area contributed by atoms with Gasteiger partial charge in [-0.25, -0.2) is 9.37 Å². The fourth-order valence-electron chi connectivity index (χ4n) is 3.16. The van der Waals surface area contributed by atoms with E-state index in [-0.39, 0.29) is 35.5 Å². The van der Waals surface area contributed by atoms with Crippen LogP contribution in [0, 0.1) is 5.82 Å². The van der Waals surface area contributed by atoms with Crippen LogP contribution >= 0.6 is 0 Å². The minimum absolute atomic E-state index is 0.273. The highest BCUT2D eigenvalue weighted by molar-refractivity contribution is 5.97. The Morgan fingerprint density at radius 1 is 1.15 bits per heavy atom. The lowest BCUT2D eigenvalue weighted by Gasteiger charge is -2.22. The van der Waals surface area contributed by atoms with Crippen LogP contribution in [-0.4, -0.2) is 26.9 Å². The predicted molar refractivity (Wildman–Crippen MR) is 100.0 cm³/mol. The number of fused-ring (bicyclic) bond motifs is 1. The molecule has 1 aliphatic heterocycles. The van der Waals surface area contributed by atoms with Crippen molar-refractivity contribution in [2.75, 3.05) is 0 Å². The van der Waals surface area contributed by atoms with Crippen LogP contribution in [0.25, 0.3) is 0 Å². The Hall–Kier alpha value is -2.70. The van der Waals surface area contributed by atoms with Crippen molar-refractivity contribution >= 4 is 11.8 Å². The number of hydrogen-bond acceptors (Lipinski definition) is 3. The molecule has 0 fully saturated rings. The molecule has 144 valence electrons. The van der Waals surface area contributed by atoms with E-state index in [1.54, 1.807) is 12.1 Å². The highest BCUT2D eigenvalue weighted by atomic mass is 19.1. The largest absolute Gasteiger partial charge is 0.347 e. The summed E-state index contributed by atoms with van der Waals surface area (Å²) in [6, 6.07) is 5.96. The van der Waals surface area contributed by atoms with E-state index in [9.17, 15) is 14.0 Å². The van der Waals surface area contributed by atoms with Crippen LogP contribution < -0.4 is 10.6 Å². The van der Waals surface area contributed by atoms with E-state index in [1.807, 2.05) is 25.3 Å². The second-order valence-electron chi connectivity index (χ2n) is 7.85. The number of hydrogen-bond donors (Lipinski definition) is 2. The van der Waals surface area contributed by atoms with Crippen molar-refractivity contribution in [1.82, 2.24) is 20.2 Å². The third-order valence-corrected chi connectivity index (χ3v) is 4.39. The molecule has 7 heteroatoms. The summed E-state index contributed by atoms with van der Waals surface area (Å²) < 4.78 is 14.9. The SMILES string of the molecule is CC(C)(C)NC(=O)c1nc(C(=O)NCc2ccc(F)cc2)c2n1CCCC2. The average molecular weight is 372 g/mol. The van der Waals surface area contributed by atoms with Gasteiger partial charge in [-0.3, -0.25) is 9.59 Å². The van der Waals surface area contributed by atoms with E-state index in [2.05, 4.69) is 15.6 Å². The zero-order valence-electron chi connectivity index (χ0n) is 15.9. The Morgan fingerprint density at radius 3 is 2.52 bits per heavy atom. The van der Waals surface area contributed by atoms with Gasteiger partial charge in [0.1, 0.15) is 11.5 Å². The molecule has 0 bridgehead atoms. The summed E-state index contributed by atoms with van der Waals surface area (Å²) in [5.41, 5.74) is 1.51. The molecule has 2 N–H and O–H groups in total. The topological polar surface area (TPSA) is 76.0 Å². The monoisotopic (exact) mass is 372 g/mol. The Labute approximate surface area is 158 Å². The lowest BCUT2D eigenvalue weighted by atomic mass is 10.1. The smallest absolute Gasteiger partial charge is 0.287 e. The molecule has 2 heterocycles. The first kappa shape index (κ1) is 19.1. The number of imidazole rings is 1. The van der Waals surface area contributed by atoms with Gasteiger partial charge in [-0.15, -0.1) is 0 Å². The first-order chi connectivity index (χ1) is 12.7. The van der Waals surface area contributed by atoms with E-state index < -0.39 is 0 Å². The van der Waals surface area contributed by atoms with E-state index in [0.29, 0.717) is 12.2 Å². The molecule has 0 spiro atoms. The number of amides is 2. The molecule has 6 nitrogen and oxygen atoms in total. The molecule has 3 rings (SSSR count). The summed E-state index contributed by atoms with van der Waals surface area (Å²) in [6.07, 6.45) is 2.63. The normalized spacial score (nSPS) is 13.8. The molecule has 2 amide bonds. The molecule has 2 aromatic rings. The Morgan fingerprint density at radius 2 is 1.85 bits per heavy atom. The number of aromatic nitrogens is 2. The number of nitrogens with zero attached hydrogens (tertiary/aromatic N) is 2. The van der Waals surface area contributed by atoms with Crippen LogP contribution in [0.1, 0.15) is 66.0 Å². The first-order valence-corrected chi connectivity index (χ1v) is 9.19. The third-order valence-electron chi connectivity index (χ3n) is 4.39. The summed E-state index contributed by atoms with van der Waals surface area (Å²) >= 11 is 0. The minimum Gasteiger partial charge on any atom is -0.347 e. The van der Waals surface area contributed by atoms with Gasteiger partial charge in [0.15, 0.2) is 5.82 Å². The van der Waals surface area contributed by atoms with Crippen LogP contribution in [0.2, 0.25) is 0 Å². The van der Waals surface area contributed by atoms with Crippen molar-refractivity contribution in [3.8, 4) is 0 Å². The van der Waals surface area contributed by atoms with Crippen LogP contribution in [0.4, 0.5) is 4.39 Å². The molecule has 1 aromatic heterocycles. The quantitative estimate of drug-likeness (QED) is 0.867. The summed E-state index contributed by atoms with van der Waals surface area (Å²) in [5, 5.41) is 5.73. The van der Waals surface area contributed by atoms with Crippen molar-refractivity contribution in [3.05, 3.63) is 52.9 Å². The maximum absolute atomic E-state index is 13.0. The first-order valence-electron chi connectivity index (χ1n) is 9.19. The lowest BCUT2D eigenvalue weighted by molar-refractivity contribution is 0.0903. The molecular weight excluding hydrogens is 347 g/mol. The van der Waals surface area contributed by atoms with Crippen LogP contribution in [0.15, 0.2) is 24.3 Å². The van der Waals surface area contributed by atoms with Crippen molar-refractivity contribution in [2.24, 2.45) is 0 Å². The zero-order valence-corrected chi connectivity index (χ0v) is 15.9. The summed E-state index contributed by atoms with van der Waals surface area (Å²) in [4.78, 5) is 29.7. The lowest BCUT2D eigenvalue weighted by Crippen LogP contribution is -2.42. The summed E-state index contributed by atoms with van der Waals surface area (Å²) in [5.74, 6) is -0.627. The van der Waals surface area contributed by atoms with Gasteiger partial charge in [0, 0.05) is 18.6 Å². The molecule has 0 saturated carbocycles. The molecule has 1 aromatic carbocycles. The second kappa shape index (κ2) is 7.50. The maximum atomic E-state index is 13.0. The molecule has 0 aliphatic carbocycles. The van der Waals surface area contributed by atoms with Crippen molar-refractivity contribution in [2.45, 2.75) is 58.7 Å². The third kappa shape index (κ3) is 4.53. The van der Waals surface area contributed by atoms with Crippen molar-refractivity contribution in [3.63, 3.8) is 0 Å². The number of halogens is 1. The number of nitrogens with one attached hydrogen (secondary N) is 2. The molecule has 27 heavy (non-hydrogen) atoms. The molecule has 0 radical (unpaired) electrons. The molecule has 0 atom stereocenters. The van der Waals surface area contributed by atoms with E-state index in [1.165, 1.54) is 12.1 Å². The van der Waals surface area contributed by atoms with Gasteiger partial charge < -0.3 is 15.2 Å². The summed E-state index contributed by atoms with van der Waals surface area (Å²) in [6.45, 7) is 6.67. The molecule has 0 saturated heterocycles. The average Bonchev–Trinajstić information content (AvgIpc) is 2.99. The summed E-state index contributed by atoms with van der Waals surface area (Å²) in [7, 11) is 0. The molecule has 0 unspecified atom stereocenters. The second-order valence-corrected chi connectivity index (χ2v) is 7.85. The van der Waals surface area contributed by atoms with Gasteiger partial charge in [-0.05, 0) is 57.7 Å². The highest BCUT2D eigenvalue weighted by Crippen LogP contribution is 2.21. The van der Waals surface area contributed by atoms with Gasteiger partial charge in [0.05, 0.1) is 5.69 Å². The van der Waals surface area contributed by atoms with Gasteiger partial charge in [-0.2, -0.15) is 0 Å². The van der Waals surface area contributed by atoms with Crippen LogP contribution in [-0.2, 0) is 19.5 Å². The maximum Gasteiger partial charge on any atom is 0.287 e. The van der Waals surface area contributed by atoms with E-state index in [0.717, 1.165) is 30.5 Å². The van der Waals surface area contributed by atoms with Gasteiger partial charge in [0.25, 0.3) is 11.8 Å². The fourth-order valence-corrected chi connectivity index (χ4v) is 3.16. The Kier molecular flexibility index (Phi) is 5.30. The van der Waals surface area contributed by atoms with Gasteiger partial charge in [0.2, 0.25) is 0 Å². The van der Waals surface area contributed by atoms with E-state index >= 15 is 0 Å².